The molecule has 93 valence electrons. The highest BCUT2D eigenvalue weighted by Gasteiger charge is 2.18. The van der Waals surface area contributed by atoms with Gasteiger partial charge in [0.15, 0.2) is 0 Å². The lowest BCUT2D eigenvalue weighted by Gasteiger charge is -2.21. The van der Waals surface area contributed by atoms with Gasteiger partial charge in [0.1, 0.15) is 10.6 Å². The minimum Gasteiger partial charge on any atom is -0.444 e. The number of alkyl carbamates (subject to hydrolysis) is 1. The van der Waals surface area contributed by atoms with Crippen LogP contribution in [0.5, 0.6) is 0 Å². The first-order valence-corrected chi connectivity index (χ1v) is 6.21. The summed E-state index contributed by atoms with van der Waals surface area (Å²) in [7, 11) is 0. The molecule has 0 atom stereocenters. The van der Waals surface area contributed by atoms with Crippen LogP contribution >= 0.6 is 15.9 Å². The van der Waals surface area contributed by atoms with Crippen LogP contribution in [-0.4, -0.2) is 11.7 Å². The molecule has 0 fully saturated rings. The lowest BCUT2D eigenvalue weighted by molar-refractivity contribution is 0.0540. The summed E-state index contributed by atoms with van der Waals surface area (Å²) in [6.45, 7) is 5.49. The van der Waals surface area contributed by atoms with Gasteiger partial charge < -0.3 is 10.1 Å². The van der Waals surface area contributed by atoms with Crippen LogP contribution in [0.1, 0.15) is 26.3 Å². The van der Waals surface area contributed by atoms with E-state index in [-0.39, 0.29) is 0 Å². The molecule has 1 N–H and O–H groups in total. The van der Waals surface area contributed by atoms with Gasteiger partial charge in [-0.15, -0.1) is 0 Å². The van der Waals surface area contributed by atoms with E-state index in [1.807, 2.05) is 51.1 Å². The molecule has 3 nitrogen and oxygen atoms in total. The number of nitrogens with one attached hydrogen (secondary N) is 1. The summed E-state index contributed by atoms with van der Waals surface area (Å²) < 4.78 is 5.15. The van der Waals surface area contributed by atoms with E-state index in [0.717, 1.165) is 5.56 Å². The predicted molar refractivity (Wildman–Crippen MR) is 71.7 cm³/mol. The molecule has 1 radical (unpaired) electrons. The zero-order valence-corrected chi connectivity index (χ0v) is 11.9. The summed E-state index contributed by atoms with van der Waals surface area (Å²) in [5.74, 6) is 0. The molecule has 0 aliphatic rings. The summed E-state index contributed by atoms with van der Waals surface area (Å²) >= 11 is 3.33. The van der Waals surface area contributed by atoms with Crippen LogP contribution in [0, 0.1) is 4.95 Å². The lowest BCUT2D eigenvalue weighted by atomic mass is 10.1. The van der Waals surface area contributed by atoms with Gasteiger partial charge in [-0.1, -0.05) is 46.3 Å². The van der Waals surface area contributed by atoms with Crippen molar-refractivity contribution in [3.05, 3.63) is 40.8 Å². The molecule has 1 rings (SSSR count). The number of carbonyl (C=O) groups is 1. The van der Waals surface area contributed by atoms with Gasteiger partial charge in [-0.3, -0.25) is 0 Å². The highest BCUT2D eigenvalue weighted by atomic mass is 79.9. The van der Waals surface area contributed by atoms with E-state index >= 15 is 0 Å². The van der Waals surface area contributed by atoms with Crippen LogP contribution in [-0.2, 0) is 11.2 Å². The van der Waals surface area contributed by atoms with E-state index in [9.17, 15) is 4.79 Å². The molecule has 0 aromatic heterocycles. The fraction of sp³-hybridized carbons (Fsp3) is 0.385. The SMILES string of the molecule is CC(C)(C)OC(=O)N[C](Br)Cc1ccccc1. The van der Waals surface area contributed by atoms with Crippen molar-refractivity contribution in [3.63, 3.8) is 0 Å². The molecule has 0 saturated carbocycles. The molecule has 4 heteroatoms. The second-order valence-electron chi connectivity index (χ2n) is 4.69. The summed E-state index contributed by atoms with van der Waals surface area (Å²) in [6, 6.07) is 9.88. The van der Waals surface area contributed by atoms with E-state index < -0.39 is 11.7 Å². The quantitative estimate of drug-likeness (QED) is 0.865. The Morgan fingerprint density at radius 2 is 1.88 bits per heavy atom. The van der Waals surface area contributed by atoms with Crippen LogP contribution in [0.3, 0.4) is 0 Å². The zero-order valence-electron chi connectivity index (χ0n) is 10.3. The summed E-state index contributed by atoms with van der Waals surface area (Å²) in [6.07, 6.45) is 0.195. The first-order chi connectivity index (χ1) is 7.87. The van der Waals surface area contributed by atoms with Crippen LogP contribution in [0.4, 0.5) is 4.79 Å². The number of benzene rings is 1. The molecule has 1 aromatic rings. The Kier molecular flexibility index (Phi) is 5.00. The molecule has 1 aromatic carbocycles. The molecule has 0 unspecified atom stereocenters. The van der Waals surface area contributed by atoms with Crippen LogP contribution in [0.2, 0.25) is 0 Å². The van der Waals surface area contributed by atoms with Gasteiger partial charge in [0.05, 0.1) is 0 Å². The first kappa shape index (κ1) is 14.0. The van der Waals surface area contributed by atoms with Gasteiger partial charge in [0.25, 0.3) is 0 Å². The van der Waals surface area contributed by atoms with E-state index in [0.29, 0.717) is 11.4 Å². The largest absolute Gasteiger partial charge is 0.444 e. The second kappa shape index (κ2) is 6.05. The number of carbonyl (C=O) groups excluding carboxylic acids is 1. The van der Waals surface area contributed by atoms with Crippen molar-refractivity contribution in [1.29, 1.82) is 0 Å². The Balaban J connectivity index is 2.40. The molecule has 0 aliphatic carbocycles. The van der Waals surface area contributed by atoms with E-state index in [4.69, 9.17) is 4.74 Å². The third kappa shape index (κ3) is 6.31. The number of amides is 1. The normalized spacial score (nSPS) is 11.4. The molecule has 0 aliphatic heterocycles. The highest BCUT2D eigenvalue weighted by molar-refractivity contribution is 9.11. The highest BCUT2D eigenvalue weighted by Crippen LogP contribution is 2.15. The average molecular weight is 299 g/mol. The Hall–Kier alpha value is -1.03. The zero-order chi connectivity index (χ0) is 12.9. The predicted octanol–water partition coefficient (Wildman–Crippen LogP) is 3.64. The number of rotatable bonds is 3. The van der Waals surface area contributed by atoms with Gasteiger partial charge in [-0.25, -0.2) is 4.79 Å². The Morgan fingerprint density at radius 1 is 1.29 bits per heavy atom. The number of ether oxygens (including phenoxy) is 1. The maximum Gasteiger partial charge on any atom is 0.408 e. The third-order valence-electron chi connectivity index (χ3n) is 1.84. The average Bonchev–Trinajstić information content (AvgIpc) is 2.15. The van der Waals surface area contributed by atoms with Crippen molar-refractivity contribution in [2.24, 2.45) is 0 Å². The number of hydrogen-bond acceptors (Lipinski definition) is 2. The standard InChI is InChI=1S/C13H17BrNO2/c1-13(2,3)17-12(16)15-11(14)9-10-7-5-4-6-8-10/h4-8H,9H2,1-3H3,(H,15,16). The topological polar surface area (TPSA) is 38.3 Å². The molecular formula is C13H17BrNO2. The van der Waals surface area contributed by atoms with Crippen molar-refractivity contribution in [2.45, 2.75) is 32.8 Å². The maximum atomic E-state index is 11.5. The minimum atomic E-state index is -0.482. The molecule has 0 saturated heterocycles. The Bertz CT molecular complexity index is 359. The Labute approximate surface area is 111 Å². The van der Waals surface area contributed by atoms with Gasteiger partial charge in [-0.05, 0) is 26.3 Å². The molecule has 1 amide bonds. The van der Waals surface area contributed by atoms with Crippen LogP contribution in [0.15, 0.2) is 30.3 Å². The maximum absolute atomic E-state index is 11.5. The van der Waals surface area contributed by atoms with E-state index in [2.05, 4.69) is 21.2 Å². The van der Waals surface area contributed by atoms with E-state index in [1.165, 1.54) is 0 Å². The molecular weight excluding hydrogens is 282 g/mol. The summed E-state index contributed by atoms with van der Waals surface area (Å²) in [4.78, 5) is 12.2. The minimum absolute atomic E-state index is 0.444. The monoisotopic (exact) mass is 298 g/mol. The third-order valence-corrected chi connectivity index (χ3v) is 2.32. The Morgan fingerprint density at radius 3 is 2.41 bits per heavy atom. The molecule has 17 heavy (non-hydrogen) atoms. The van der Waals surface area contributed by atoms with Crippen molar-refractivity contribution in [2.75, 3.05) is 0 Å². The molecule has 0 heterocycles. The van der Waals surface area contributed by atoms with E-state index in [1.54, 1.807) is 0 Å². The van der Waals surface area contributed by atoms with Crippen molar-refractivity contribution in [3.8, 4) is 0 Å². The fourth-order valence-corrected chi connectivity index (χ4v) is 1.72. The summed E-state index contributed by atoms with van der Waals surface area (Å²) in [5.41, 5.74) is 0.639. The second-order valence-corrected chi connectivity index (χ2v) is 5.65. The van der Waals surface area contributed by atoms with Gasteiger partial charge >= 0.3 is 6.09 Å². The smallest absolute Gasteiger partial charge is 0.408 e. The van der Waals surface area contributed by atoms with Crippen LogP contribution < -0.4 is 5.32 Å². The van der Waals surface area contributed by atoms with Gasteiger partial charge in [0.2, 0.25) is 0 Å². The molecule has 0 spiro atoms. The lowest BCUT2D eigenvalue weighted by Crippen LogP contribution is -2.33. The van der Waals surface area contributed by atoms with Gasteiger partial charge in [0, 0.05) is 6.42 Å². The number of halogens is 1. The van der Waals surface area contributed by atoms with Crippen LogP contribution in [0.25, 0.3) is 0 Å². The first-order valence-electron chi connectivity index (χ1n) is 5.42. The summed E-state index contributed by atoms with van der Waals surface area (Å²) in [5, 5.41) is 2.66. The van der Waals surface area contributed by atoms with Crippen molar-refractivity contribution < 1.29 is 9.53 Å². The number of hydrogen-bond donors (Lipinski definition) is 1. The molecule has 0 bridgehead atoms. The fourth-order valence-electron chi connectivity index (χ4n) is 1.23. The van der Waals surface area contributed by atoms with Gasteiger partial charge in [-0.2, -0.15) is 0 Å². The van der Waals surface area contributed by atoms with Crippen molar-refractivity contribution in [1.82, 2.24) is 5.32 Å². The van der Waals surface area contributed by atoms with Crippen molar-refractivity contribution >= 4 is 22.0 Å².